The number of nitrogens with one attached hydrogen (secondary N) is 1. The SMILES string of the molecule is CC[C@@H](C(=O)NCc1ccccc1Cl)n1cnc2onc(C)c2c1=O. The van der Waals surface area contributed by atoms with Gasteiger partial charge in [-0.15, -0.1) is 0 Å². The van der Waals surface area contributed by atoms with Gasteiger partial charge < -0.3 is 9.84 Å². The van der Waals surface area contributed by atoms with Crippen LogP contribution in [0.15, 0.2) is 39.9 Å². The highest BCUT2D eigenvalue weighted by atomic mass is 35.5. The van der Waals surface area contributed by atoms with E-state index in [1.807, 2.05) is 25.1 Å². The Morgan fingerprint density at radius 2 is 2.16 bits per heavy atom. The molecule has 0 bridgehead atoms. The summed E-state index contributed by atoms with van der Waals surface area (Å²) >= 11 is 6.10. The zero-order chi connectivity index (χ0) is 18.0. The minimum atomic E-state index is -0.679. The van der Waals surface area contributed by atoms with Crippen molar-refractivity contribution in [2.75, 3.05) is 0 Å². The molecule has 25 heavy (non-hydrogen) atoms. The predicted molar refractivity (Wildman–Crippen MR) is 93.4 cm³/mol. The van der Waals surface area contributed by atoms with Crippen molar-refractivity contribution >= 4 is 28.6 Å². The lowest BCUT2D eigenvalue weighted by Crippen LogP contribution is -2.37. The number of fused-ring (bicyclic) bond motifs is 1. The molecule has 0 spiro atoms. The molecule has 2 aromatic heterocycles. The predicted octanol–water partition coefficient (Wildman–Crippen LogP) is 2.61. The maximum atomic E-state index is 12.7. The van der Waals surface area contributed by atoms with Crippen molar-refractivity contribution in [2.24, 2.45) is 0 Å². The molecule has 0 radical (unpaired) electrons. The van der Waals surface area contributed by atoms with Crippen LogP contribution in [0.5, 0.6) is 0 Å². The molecule has 8 heteroatoms. The van der Waals surface area contributed by atoms with E-state index in [1.165, 1.54) is 10.9 Å². The summed E-state index contributed by atoms with van der Waals surface area (Å²) in [6.07, 6.45) is 1.75. The largest absolute Gasteiger partial charge is 0.350 e. The van der Waals surface area contributed by atoms with Gasteiger partial charge in [0.2, 0.25) is 5.91 Å². The molecule has 1 aromatic carbocycles. The molecule has 0 fully saturated rings. The summed E-state index contributed by atoms with van der Waals surface area (Å²) in [4.78, 5) is 29.3. The number of halogens is 1. The second-order valence-electron chi connectivity index (χ2n) is 5.64. The number of hydrogen-bond donors (Lipinski definition) is 1. The molecule has 7 nitrogen and oxygen atoms in total. The number of carbonyl (C=O) groups excluding carboxylic acids is 1. The minimum absolute atomic E-state index is 0.171. The number of nitrogens with zero attached hydrogens (tertiary/aromatic N) is 3. The van der Waals surface area contributed by atoms with E-state index in [-0.39, 0.29) is 23.7 Å². The van der Waals surface area contributed by atoms with Crippen molar-refractivity contribution in [3.8, 4) is 0 Å². The van der Waals surface area contributed by atoms with E-state index < -0.39 is 6.04 Å². The Balaban J connectivity index is 1.86. The molecule has 0 saturated heterocycles. The Bertz CT molecular complexity index is 979. The van der Waals surface area contributed by atoms with Gasteiger partial charge in [0.15, 0.2) is 0 Å². The second kappa shape index (κ2) is 7.06. The number of aromatic nitrogens is 3. The third kappa shape index (κ3) is 3.28. The molecule has 1 amide bonds. The Morgan fingerprint density at radius 1 is 1.40 bits per heavy atom. The van der Waals surface area contributed by atoms with Crippen LogP contribution in [-0.2, 0) is 11.3 Å². The van der Waals surface area contributed by atoms with E-state index in [9.17, 15) is 9.59 Å². The van der Waals surface area contributed by atoms with Crippen molar-refractivity contribution in [3.05, 3.63) is 57.2 Å². The number of hydrogen-bond acceptors (Lipinski definition) is 5. The van der Waals surface area contributed by atoms with Gasteiger partial charge in [0, 0.05) is 11.6 Å². The summed E-state index contributed by atoms with van der Waals surface area (Å²) in [6, 6.07) is 6.59. The maximum Gasteiger partial charge on any atom is 0.267 e. The van der Waals surface area contributed by atoms with E-state index in [0.717, 1.165) is 5.56 Å². The molecule has 0 aliphatic heterocycles. The first-order valence-electron chi connectivity index (χ1n) is 7.87. The average Bonchev–Trinajstić information content (AvgIpc) is 2.98. The highest BCUT2D eigenvalue weighted by Crippen LogP contribution is 2.16. The van der Waals surface area contributed by atoms with Crippen molar-refractivity contribution in [2.45, 2.75) is 32.9 Å². The summed E-state index contributed by atoms with van der Waals surface area (Å²) in [6.45, 7) is 3.78. The average molecular weight is 361 g/mol. The molecule has 1 N–H and O–H groups in total. The molecule has 130 valence electrons. The first-order valence-corrected chi connectivity index (χ1v) is 8.25. The topological polar surface area (TPSA) is 90.0 Å². The van der Waals surface area contributed by atoms with E-state index in [0.29, 0.717) is 22.5 Å². The van der Waals surface area contributed by atoms with Crippen molar-refractivity contribution < 1.29 is 9.32 Å². The standard InChI is InChI=1S/C17H17ClN4O3/c1-3-13(15(23)19-8-11-6-4-5-7-12(11)18)22-9-20-16-14(17(22)24)10(2)21-25-16/h4-7,9,13H,3,8H2,1-2H3,(H,19,23)/t13-/m0/s1. The number of rotatable bonds is 5. The quantitative estimate of drug-likeness (QED) is 0.755. The van der Waals surface area contributed by atoms with Gasteiger partial charge in [-0.2, -0.15) is 0 Å². The van der Waals surface area contributed by atoms with Gasteiger partial charge in [-0.3, -0.25) is 14.2 Å². The molecule has 0 aliphatic carbocycles. The minimum Gasteiger partial charge on any atom is -0.350 e. The van der Waals surface area contributed by atoms with Crippen LogP contribution in [-0.4, -0.2) is 20.6 Å². The van der Waals surface area contributed by atoms with Crippen molar-refractivity contribution in [3.63, 3.8) is 0 Å². The van der Waals surface area contributed by atoms with Crippen LogP contribution < -0.4 is 10.9 Å². The van der Waals surface area contributed by atoms with Crippen LogP contribution in [0.4, 0.5) is 0 Å². The van der Waals surface area contributed by atoms with Gasteiger partial charge in [0.25, 0.3) is 11.3 Å². The highest BCUT2D eigenvalue weighted by molar-refractivity contribution is 6.31. The Hall–Kier alpha value is -2.67. The zero-order valence-electron chi connectivity index (χ0n) is 13.8. The lowest BCUT2D eigenvalue weighted by atomic mass is 10.1. The van der Waals surface area contributed by atoms with Crippen LogP contribution >= 0.6 is 11.6 Å². The fraction of sp³-hybridized carbons (Fsp3) is 0.294. The van der Waals surface area contributed by atoms with E-state index in [4.69, 9.17) is 16.1 Å². The highest BCUT2D eigenvalue weighted by Gasteiger charge is 2.22. The van der Waals surface area contributed by atoms with Crippen LogP contribution in [0.25, 0.3) is 11.1 Å². The molecule has 0 unspecified atom stereocenters. The van der Waals surface area contributed by atoms with Crippen LogP contribution in [0.3, 0.4) is 0 Å². The normalized spacial score (nSPS) is 12.3. The summed E-state index contributed by atoms with van der Waals surface area (Å²) in [7, 11) is 0. The van der Waals surface area contributed by atoms with Crippen molar-refractivity contribution in [1.82, 2.24) is 20.0 Å². The summed E-state index contributed by atoms with van der Waals surface area (Å²) in [5.41, 5.74) is 1.09. The van der Waals surface area contributed by atoms with E-state index in [2.05, 4.69) is 15.5 Å². The number of carbonyl (C=O) groups is 1. The number of benzene rings is 1. The molecule has 3 aromatic rings. The Morgan fingerprint density at radius 3 is 2.88 bits per heavy atom. The summed E-state index contributed by atoms with van der Waals surface area (Å²) < 4.78 is 6.30. The molecule has 0 saturated carbocycles. The van der Waals surface area contributed by atoms with Gasteiger partial charge in [-0.1, -0.05) is 41.9 Å². The lowest BCUT2D eigenvalue weighted by molar-refractivity contribution is -0.124. The molecule has 2 heterocycles. The van der Waals surface area contributed by atoms with Crippen LogP contribution in [0, 0.1) is 6.92 Å². The zero-order valence-corrected chi connectivity index (χ0v) is 14.6. The van der Waals surface area contributed by atoms with E-state index in [1.54, 1.807) is 13.0 Å². The Kier molecular flexibility index (Phi) is 4.85. The fourth-order valence-electron chi connectivity index (χ4n) is 2.66. The van der Waals surface area contributed by atoms with E-state index >= 15 is 0 Å². The molecule has 1 atom stereocenters. The third-order valence-corrected chi connectivity index (χ3v) is 4.40. The van der Waals surface area contributed by atoms with Gasteiger partial charge >= 0.3 is 0 Å². The first-order chi connectivity index (χ1) is 12.0. The second-order valence-corrected chi connectivity index (χ2v) is 6.05. The molecular weight excluding hydrogens is 344 g/mol. The fourth-order valence-corrected chi connectivity index (χ4v) is 2.86. The van der Waals surface area contributed by atoms with Crippen LogP contribution in [0.2, 0.25) is 5.02 Å². The monoisotopic (exact) mass is 360 g/mol. The van der Waals surface area contributed by atoms with Crippen LogP contribution in [0.1, 0.15) is 30.6 Å². The number of amides is 1. The van der Waals surface area contributed by atoms with Gasteiger partial charge in [-0.05, 0) is 25.0 Å². The van der Waals surface area contributed by atoms with Crippen molar-refractivity contribution in [1.29, 1.82) is 0 Å². The number of aryl methyl sites for hydroxylation is 1. The van der Waals surface area contributed by atoms with Gasteiger partial charge in [-0.25, -0.2) is 4.98 Å². The Labute approximate surface area is 148 Å². The summed E-state index contributed by atoms with van der Waals surface area (Å²) in [5, 5.41) is 7.44. The molecular formula is C17H17ClN4O3. The summed E-state index contributed by atoms with van der Waals surface area (Å²) in [5.74, 6) is -0.278. The lowest BCUT2D eigenvalue weighted by Gasteiger charge is -2.17. The maximum absolute atomic E-state index is 12.7. The molecule has 3 rings (SSSR count). The van der Waals surface area contributed by atoms with Gasteiger partial charge in [0.05, 0.1) is 5.69 Å². The first kappa shape index (κ1) is 17.2. The third-order valence-electron chi connectivity index (χ3n) is 4.03. The van der Waals surface area contributed by atoms with Gasteiger partial charge in [0.1, 0.15) is 17.8 Å². The smallest absolute Gasteiger partial charge is 0.267 e. The molecule has 0 aliphatic rings.